The van der Waals surface area contributed by atoms with Crippen LogP contribution in [0.5, 0.6) is 0 Å². The zero-order chi connectivity index (χ0) is 12.4. The van der Waals surface area contributed by atoms with Gasteiger partial charge >= 0.3 is 0 Å². The van der Waals surface area contributed by atoms with Crippen LogP contribution in [0, 0.1) is 0 Å². The number of hydrogen-bond acceptors (Lipinski definition) is 3. The Balaban J connectivity index is 2.32. The molecule has 1 N–H and O–H groups in total. The van der Waals surface area contributed by atoms with Crippen LogP contribution < -0.4 is 4.90 Å². The van der Waals surface area contributed by atoms with Crippen molar-refractivity contribution in [2.24, 2.45) is 0 Å². The summed E-state index contributed by atoms with van der Waals surface area (Å²) in [6, 6.07) is 5.73. The average molecular weight is 272 g/mol. The van der Waals surface area contributed by atoms with Crippen LogP contribution in [-0.2, 0) is 6.61 Å². The highest BCUT2D eigenvalue weighted by Crippen LogP contribution is 2.35. The molecule has 17 heavy (non-hydrogen) atoms. The van der Waals surface area contributed by atoms with Gasteiger partial charge in [-0.1, -0.05) is 37.6 Å². The fraction of sp³-hybridized carbons (Fsp3) is 0.538. The summed E-state index contributed by atoms with van der Waals surface area (Å²) in [4.78, 5) is 2.31. The second kappa shape index (κ2) is 5.51. The van der Waals surface area contributed by atoms with Crippen molar-refractivity contribution < 1.29 is 5.11 Å². The molecule has 1 aromatic carbocycles. The van der Waals surface area contributed by atoms with Crippen molar-refractivity contribution in [2.45, 2.75) is 31.0 Å². The van der Waals surface area contributed by atoms with Crippen molar-refractivity contribution in [1.29, 1.82) is 0 Å². The van der Waals surface area contributed by atoms with Gasteiger partial charge in [0.1, 0.15) is 0 Å². The topological polar surface area (TPSA) is 23.5 Å². The molecule has 2 nitrogen and oxygen atoms in total. The summed E-state index contributed by atoms with van der Waals surface area (Å²) in [6.07, 6.45) is 0. The molecule has 0 aliphatic carbocycles. The normalized spacial score (nSPS) is 25.1. The molecule has 2 rings (SSSR count). The van der Waals surface area contributed by atoms with E-state index in [1.54, 1.807) is 0 Å². The Morgan fingerprint density at radius 3 is 2.59 bits per heavy atom. The fourth-order valence-corrected chi connectivity index (χ4v) is 4.04. The second-order valence-corrected chi connectivity index (χ2v) is 6.86. The largest absolute Gasteiger partial charge is 0.392 e. The van der Waals surface area contributed by atoms with Gasteiger partial charge in [-0.2, -0.15) is 11.8 Å². The smallest absolute Gasteiger partial charge is 0.0702 e. The summed E-state index contributed by atoms with van der Waals surface area (Å²) < 4.78 is 0. The van der Waals surface area contributed by atoms with Crippen LogP contribution >= 0.6 is 23.4 Å². The van der Waals surface area contributed by atoms with E-state index in [0.717, 1.165) is 29.4 Å². The molecule has 1 aliphatic heterocycles. The Hall–Kier alpha value is -0.380. The van der Waals surface area contributed by atoms with Crippen LogP contribution in [0.2, 0.25) is 5.02 Å². The molecular formula is C13H18ClNOS. The summed E-state index contributed by atoms with van der Waals surface area (Å²) in [5.74, 6) is 0. The highest BCUT2D eigenvalue weighted by molar-refractivity contribution is 8.00. The van der Waals surface area contributed by atoms with Crippen molar-refractivity contribution in [1.82, 2.24) is 0 Å². The van der Waals surface area contributed by atoms with E-state index >= 15 is 0 Å². The lowest BCUT2D eigenvalue weighted by Crippen LogP contribution is -2.41. The van der Waals surface area contributed by atoms with Gasteiger partial charge in [-0.05, 0) is 6.07 Å². The number of aliphatic hydroxyl groups is 1. The van der Waals surface area contributed by atoms with Crippen molar-refractivity contribution in [3.05, 3.63) is 28.8 Å². The summed E-state index contributed by atoms with van der Waals surface area (Å²) in [6.45, 7) is 6.51. The molecule has 1 aromatic rings. The fourth-order valence-electron chi connectivity index (χ4n) is 2.40. The molecule has 2 unspecified atom stereocenters. The molecule has 0 aromatic heterocycles. The highest BCUT2D eigenvalue weighted by atomic mass is 35.5. The molecule has 0 bridgehead atoms. The predicted octanol–water partition coefficient (Wildman–Crippen LogP) is 3.16. The van der Waals surface area contributed by atoms with E-state index in [-0.39, 0.29) is 6.61 Å². The first-order valence-corrected chi connectivity index (χ1v) is 7.22. The zero-order valence-electron chi connectivity index (χ0n) is 10.2. The first kappa shape index (κ1) is 13.1. The van der Waals surface area contributed by atoms with E-state index in [2.05, 4.69) is 18.7 Å². The van der Waals surface area contributed by atoms with Gasteiger partial charge in [0, 0.05) is 29.2 Å². The van der Waals surface area contributed by atoms with Crippen molar-refractivity contribution in [3.63, 3.8) is 0 Å². The summed E-state index contributed by atoms with van der Waals surface area (Å²) in [5, 5.41) is 11.4. The maximum atomic E-state index is 9.41. The van der Waals surface area contributed by atoms with Crippen LogP contribution in [-0.4, -0.2) is 28.7 Å². The average Bonchev–Trinajstić information content (AvgIpc) is 2.27. The number of nitrogens with zero attached hydrogens (tertiary/aromatic N) is 1. The monoisotopic (exact) mass is 271 g/mol. The third-order valence-electron chi connectivity index (χ3n) is 2.98. The summed E-state index contributed by atoms with van der Waals surface area (Å²) in [5.41, 5.74) is 1.93. The number of anilines is 1. The number of rotatable bonds is 2. The van der Waals surface area contributed by atoms with Crippen LogP contribution in [0.4, 0.5) is 5.69 Å². The van der Waals surface area contributed by atoms with Crippen molar-refractivity contribution in [2.75, 3.05) is 18.0 Å². The number of benzene rings is 1. The third-order valence-corrected chi connectivity index (χ3v) is 4.51. The Bertz CT molecular complexity index is 389. The second-order valence-electron chi connectivity index (χ2n) is 4.57. The Labute approximate surface area is 112 Å². The Morgan fingerprint density at radius 2 is 2.00 bits per heavy atom. The lowest BCUT2D eigenvalue weighted by molar-refractivity contribution is 0.282. The van der Waals surface area contributed by atoms with Crippen LogP contribution in [0.15, 0.2) is 18.2 Å². The minimum Gasteiger partial charge on any atom is -0.392 e. The maximum absolute atomic E-state index is 9.41. The first-order chi connectivity index (χ1) is 8.11. The quantitative estimate of drug-likeness (QED) is 0.894. The standard InChI is InChI=1S/C13H18ClNOS/c1-9-6-15(7-10(2)17-9)13-11(8-16)4-3-5-12(13)14/h3-5,9-10,16H,6-8H2,1-2H3. The number of halogens is 1. The third kappa shape index (κ3) is 2.90. The lowest BCUT2D eigenvalue weighted by Gasteiger charge is -2.37. The van der Waals surface area contributed by atoms with Gasteiger partial charge in [0.2, 0.25) is 0 Å². The van der Waals surface area contributed by atoms with Crippen LogP contribution in [0.1, 0.15) is 19.4 Å². The Morgan fingerprint density at radius 1 is 1.35 bits per heavy atom. The number of thioether (sulfide) groups is 1. The van der Waals surface area contributed by atoms with Gasteiger partial charge in [0.05, 0.1) is 17.3 Å². The maximum Gasteiger partial charge on any atom is 0.0702 e. The number of para-hydroxylation sites is 1. The molecule has 94 valence electrons. The molecule has 1 aliphatic rings. The van der Waals surface area contributed by atoms with E-state index in [4.69, 9.17) is 11.6 Å². The predicted molar refractivity (Wildman–Crippen MR) is 76.1 cm³/mol. The minimum atomic E-state index is 0.0439. The molecular weight excluding hydrogens is 254 g/mol. The van der Waals surface area contributed by atoms with Gasteiger partial charge in [-0.3, -0.25) is 0 Å². The van der Waals surface area contributed by atoms with E-state index < -0.39 is 0 Å². The minimum absolute atomic E-state index is 0.0439. The van der Waals surface area contributed by atoms with E-state index in [0.29, 0.717) is 10.5 Å². The molecule has 0 amide bonds. The van der Waals surface area contributed by atoms with Crippen molar-refractivity contribution >= 4 is 29.1 Å². The molecule has 0 spiro atoms. The summed E-state index contributed by atoms with van der Waals surface area (Å²) in [7, 11) is 0. The highest BCUT2D eigenvalue weighted by Gasteiger charge is 2.25. The SMILES string of the molecule is CC1CN(c2c(Cl)cccc2CO)CC(C)S1. The molecule has 0 radical (unpaired) electrons. The molecule has 1 saturated heterocycles. The van der Waals surface area contributed by atoms with E-state index in [1.807, 2.05) is 30.0 Å². The lowest BCUT2D eigenvalue weighted by atomic mass is 10.1. The van der Waals surface area contributed by atoms with Crippen molar-refractivity contribution in [3.8, 4) is 0 Å². The Kier molecular flexibility index (Phi) is 4.23. The molecule has 1 fully saturated rings. The van der Waals surface area contributed by atoms with Gasteiger partial charge in [0.25, 0.3) is 0 Å². The number of aliphatic hydroxyl groups excluding tert-OH is 1. The van der Waals surface area contributed by atoms with Gasteiger partial charge < -0.3 is 10.0 Å². The van der Waals surface area contributed by atoms with Crippen LogP contribution in [0.25, 0.3) is 0 Å². The van der Waals surface area contributed by atoms with E-state index in [1.165, 1.54) is 0 Å². The molecule has 1 heterocycles. The van der Waals surface area contributed by atoms with Gasteiger partial charge in [0.15, 0.2) is 0 Å². The van der Waals surface area contributed by atoms with Gasteiger partial charge in [-0.15, -0.1) is 0 Å². The summed E-state index contributed by atoms with van der Waals surface area (Å²) >= 11 is 8.29. The first-order valence-electron chi connectivity index (χ1n) is 5.90. The molecule has 2 atom stereocenters. The van der Waals surface area contributed by atoms with Gasteiger partial charge in [-0.25, -0.2) is 0 Å². The zero-order valence-corrected chi connectivity index (χ0v) is 11.8. The van der Waals surface area contributed by atoms with Crippen LogP contribution in [0.3, 0.4) is 0 Å². The molecule has 0 saturated carbocycles. The van der Waals surface area contributed by atoms with E-state index in [9.17, 15) is 5.11 Å². The molecule has 4 heteroatoms. The number of hydrogen-bond donors (Lipinski definition) is 1.